The molecule has 0 aromatic carbocycles. The van der Waals surface area contributed by atoms with E-state index in [1.165, 1.54) is 0 Å². The molecule has 58 valence electrons. The maximum atomic E-state index is 10.7. The molecule has 7 heteroatoms. The minimum absolute atomic E-state index is 0. The second-order valence-electron chi connectivity index (χ2n) is 0.990. The Hall–Kier alpha value is 0.397. The minimum atomic E-state index is -4.67. The third-order valence-corrected chi connectivity index (χ3v) is 0.134. The standard InChI is InChI=1S/C3H6F.Li.H2O4S/c1-2-3-4;;1-5(2,3)4/h1-3H2;;(H2,1,2,3,4)/q-1;+1;. The molecule has 0 aliphatic carbocycles. The largest absolute Gasteiger partial charge is 1.00 e. The Bertz CT molecular complexity index is 123. The molecule has 0 aromatic rings. The minimum Gasteiger partial charge on any atom is -0.341 e. The van der Waals surface area contributed by atoms with Crippen molar-refractivity contribution in [2.45, 2.75) is 6.42 Å². The Morgan fingerprint density at radius 1 is 1.40 bits per heavy atom. The van der Waals surface area contributed by atoms with E-state index < -0.39 is 10.4 Å². The number of hydrogen-bond acceptors (Lipinski definition) is 2. The zero-order valence-corrected chi connectivity index (χ0v) is 6.43. The van der Waals surface area contributed by atoms with Crippen LogP contribution in [0.2, 0.25) is 0 Å². The van der Waals surface area contributed by atoms with Crippen molar-refractivity contribution in [2.75, 3.05) is 6.67 Å². The van der Waals surface area contributed by atoms with Gasteiger partial charge in [-0.25, -0.2) is 0 Å². The van der Waals surface area contributed by atoms with Crippen LogP contribution in [-0.4, -0.2) is 24.2 Å². The third-order valence-electron chi connectivity index (χ3n) is 0.134. The molecular formula is C3H8FLiO4S. The van der Waals surface area contributed by atoms with Crippen molar-refractivity contribution in [1.82, 2.24) is 0 Å². The van der Waals surface area contributed by atoms with E-state index >= 15 is 0 Å². The first-order valence-electron chi connectivity index (χ1n) is 1.97. The first-order valence-corrected chi connectivity index (χ1v) is 3.36. The molecule has 0 aliphatic rings. The Morgan fingerprint density at radius 2 is 1.50 bits per heavy atom. The molecule has 10 heavy (non-hydrogen) atoms. The molecule has 0 unspecified atom stereocenters. The van der Waals surface area contributed by atoms with Gasteiger partial charge in [-0.05, 0) is 0 Å². The van der Waals surface area contributed by atoms with Crippen molar-refractivity contribution in [1.29, 1.82) is 0 Å². The Labute approximate surface area is 71.6 Å². The molecule has 4 nitrogen and oxygen atoms in total. The van der Waals surface area contributed by atoms with E-state index in [4.69, 9.17) is 17.5 Å². The molecule has 0 heterocycles. The van der Waals surface area contributed by atoms with Crippen molar-refractivity contribution in [3.8, 4) is 0 Å². The Morgan fingerprint density at radius 3 is 1.50 bits per heavy atom. The van der Waals surface area contributed by atoms with Crippen molar-refractivity contribution >= 4 is 10.4 Å². The fourth-order valence-corrected chi connectivity index (χ4v) is 0. The molecular weight excluding hydrogens is 158 g/mol. The zero-order chi connectivity index (χ0) is 7.91. The predicted octanol–water partition coefficient (Wildman–Crippen LogP) is -2.47. The van der Waals surface area contributed by atoms with Gasteiger partial charge in [0.25, 0.3) is 0 Å². The molecule has 0 spiro atoms. The monoisotopic (exact) mass is 166 g/mol. The number of rotatable bonds is 1. The van der Waals surface area contributed by atoms with Crippen LogP contribution in [0, 0.1) is 6.92 Å². The molecule has 0 saturated carbocycles. The first kappa shape index (κ1) is 16.8. The topological polar surface area (TPSA) is 74.6 Å². The number of halogens is 1. The molecule has 0 saturated heterocycles. The second kappa shape index (κ2) is 9.40. The van der Waals surface area contributed by atoms with Crippen molar-refractivity contribution < 1.29 is 40.8 Å². The zero-order valence-electron chi connectivity index (χ0n) is 5.62. The fraction of sp³-hybridized carbons (Fsp3) is 0.667. The van der Waals surface area contributed by atoms with Gasteiger partial charge >= 0.3 is 29.3 Å². The summed E-state index contributed by atoms with van der Waals surface area (Å²) >= 11 is 0. The summed E-state index contributed by atoms with van der Waals surface area (Å²) in [5.41, 5.74) is 0. The molecule has 0 aliphatic heterocycles. The number of hydrogen-bond donors (Lipinski definition) is 2. The number of alkyl halides is 1. The van der Waals surface area contributed by atoms with Gasteiger partial charge in [-0.15, -0.1) is 0 Å². The van der Waals surface area contributed by atoms with E-state index in [1.54, 1.807) is 0 Å². The molecule has 0 aromatic heterocycles. The summed E-state index contributed by atoms with van der Waals surface area (Å²) in [6, 6.07) is 0. The SMILES string of the molecule is O=S(=O)(O)O.[CH2-]CCF.[Li+]. The van der Waals surface area contributed by atoms with Crippen LogP contribution < -0.4 is 18.9 Å². The van der Waals surface area contributed by atoms with Gasteiger partial charge in [-0.1, -0.05) is 0 Å². The van der Waals surface area contributed by atoms with E-state index in [2.05, 4.69) is 6.92 Å². The maximum absolute atomic E-state index is 10.7. The van der Waals surface area contributed by atoms with E-state index in [0.717, 1.165) is 0 Å². The summed E-state index contributed by atoms with van der Waals surface area (Å²) in [7, 11) is -4.67. The summed E-state index contributed by atoms with van der Waals surface area (Å²) in [6.45, 7) is 2.94. The van der Waals surface area contributed by atoms with Gasteiger partial charge in [-0.3, -0.25) is 13.5 Å². The Balaban J connectivity index is -0.0000000910. The molecule has 0 atom stereocenters. The smallest absolute Gasteiger partial charge is 0.341 e. The van der Waals surface area contributed by atoms with Crippen LogP contribution in [0.4, 0.5) is 4.39 Å². The summed E-state index contributed by atoms with van der Waals surface area (Å²) in [4.78, 5) is 0. The van der Waals surface area contributed by atoms with Gasteiger partial charge in [0.2, 0.25) is 0 Å². The van der Waals surface area contributed by atoms with Crippen molar-refractivity contribution in [3.05, 3.63) is 6.92 Å². The molecule has 0 bridgehead atoms. The summed E-state index contributed by atoms with van der Waals surface area (Å²) in [5.74, 6) is 0. The van der Waals surface area contributed by atoms with Gasteiger partial charge in [0.05, 0.1) is 6.67 Å². The quantitative estimate of drug-likeness (QED) is 0.257. The molecule has 0 amide bonds. The van der Waals surface area contributed by atoms with Gasteiger partial charge in [0, 0.05) is 0 Å². The van der Waals surface area contributed by atoms with Crippen LogP contribution in [0.15, 0.2) is 0 Å². The molecule has 0 radical (unpaired) electrons. The second-order valence-corrected chi connectivity index (χ2v) is 1.89. The fourth-order valence-electron chi connectivity index (χ4n) is 0. The van der Waals surface area contributed by atoms with Crippen LogP contribution in [0.25, 0.3) is 0 Å². The van der Waals surface area contributed by atoms with Crippen molar-refractivity contribution in [3.63, 3.8) is 0 Å². The predicted molar refractivity (Wildman–Crippen MR) is 30.1 cm³/mol. The van der Waals surface area contributed by atoms with Crippen LogP contribution in [0.3, 0.4) is 0 Å². The molecule has 2 N–H and O–H groups in total. The molecule has 0 fully saturated rings. The van der Waals surface area contributed by atoms with Crippen LogP contribution in [0.5, 0.6) is 0 Å². The third kappa shape index (κ3) is 235. The van der Waals surface area contributed by atoms with E-state index in [9.17, 15) is 4.39 Å². The van der Waals surface area contributed by atoms with E-state index in [0.29, 0.717) is 6.42 Å². The average molecular weight is 166 g/mol. The molecule has 0 rings (SSSR count). The van der Waals surface area contributed by atoms with Gasteiger partial charge in [0.1, 0.15) is 0 Å². The first-order chi connectivity index (χ1) is 3.91. The van der Waals surface area contributed by atoms with E-state index in [-0.39, 0.29) is 25.5 Å². The van der Waals surface area contributed by atoms with Gasteiger partial charge in [0.15, 0.2) is 0 Å². The maximum Gasteiger partial charge on any atom is 1.00 e. The van der Waals surface area contributed by atoms with Crippen LogP contribution in [-0.2, 0) is 10.4 Å². The summed E-state index contributed by atoms with van der Waals surface area (Å²) in [6.07, 6.45) is 0.403. The normalized spacial score (nSPS) is 8.80. The van der Waals surface area contributed by atoms with Gasteiger partial charge in [-0.2, -0.15) is 14.8 Å². The van der Waals surface area contributed by atoms with E-state index in [1.807, 2.05) is 0 Å². The average Bonchev–Trinajstić information content (AvgIpc) is 1.61. The van der Waals surface area contributed by atoms with Crippen LogP contribution in [0.1, 0.15) is 6.42 Å². The van der Waals surface area contributed by atoms with Crippen molar-refractivity contribution in [2.24, 2.45) is 0 Å². The van der Waals surface area contributed by atoms with Gasteiger partial charge < -0.3 is 6.92 Å². The summed E-state index contributed by atoms with van der Waals surface area (Å²) in [5, 5.41) is 0. The summed E-state index contributed by atoms with van der Waals surface area (Å²) < 4.78 is 42.2. The van der Waals surface area contributed by atoms with Crippen LogP contribution >= 0.6 is 0 Å². The Kier molecular flexibility index (Phi) is 15.8.